The van der Waals surface area contributed by atoms with Gasteiger partial charge in [0, 0.05) is 13.6 Å². The molecule has 0 aromatic carbocycles. The van der Waals surface area contributed by atoms with Crippen molar-refractivity contribution in [2.24, 2.45) is 7.05 Å². The van der Waals surface area contributed by atoms with Gasteiger partial charge in [-0.2, -0.15) is 0 Å². The molecule has 2 heterocycles. The van der Waals surface area contributed by atoms with Crippen molar-refractivity contribution in [2.75, 3.05) is 23.8 Å². The van der Waals surface area contributed by atoms with E-state index in [9.17, 15) is 14.7 Å². The summed E-state index contributed by atoms with van der Waals surface area (Å²) in [4.78, 5) is 27.3. The minimum absolute atomic E-state index is 0.0261. The maximum Gasteiger partial charge on any atom is 0.329 e. The van der Waals surface area contributed by atoms with E-state index in [0.717, 1.165) is 19.3 Å². The molecule has 0 aliphatic carbocycles. The lowest BCUT2D eigenvalue weighted by molar-refractivity contribution is 0.240. The molecule has 0 amide bonds. The van der Waals surface area contributed by atoms with E-state index in [1.807, 2.05) is 0 Å². The Morgan fingerprint density at radius 3 is 2.83 bits per heavy atom. The summed E-state index contributed by atoms with van der Waals surface area (Å²) in [6.07, 6.45) is 2.78. The number of rotatable bonds is 2. The molecule has 0 saturated carbocycles. The number of hydrogen-bond donors (Lipinski definition) is 3. The Morgan fingerprint density at radius 2 is 2.17 bits per heavy atom. The summed E-state index contributed by atoms with van der Waals surface area (Å²) in [6, 6.07) is -0.111. The Morgan fingerprint density at radius 1 is 1.44 bits per heavy atom. The third-order valence-corrected chi connectivity index (χ3v) is 3.47. The molecule has 1 aromatic rings. The monoisotopic (exact) mass is 254 g/mol. The number of nitrogens with two attached hydrogens (primary N) is 1. The fourth-order valence-electron chi connectivity index (χ4n) is 2.39. The van der Waals surface area contributed by atoms with Crippen molar-refractivity contribution >= 4 is 11.5 Å². The zero-order chi connectivity index (χ0) is 13.3. The molecule has 0 spiro atoms. The van der Waals surface area contributed by atoms with E-state index < -0.39 is 11.2 Å². The molecule has 100 valence electrons. The van der Waals surface area contributed by atoms with Crippen LogP contribution in [0.3, 0.4) is 0 Å². The first-order valence-corrected chi connectivity index (χ1v) is 6.02. The van der Waals surface area contributed by atoms with Crippen molar-refractivity contribution in [3.05, 3.63) is 20.8 Å². The summed E-state index contributed by atoms with van der Waals surface area (Å²) in [7, 11) is 1.51. The third kappa shape index (κ3) is 2.01. The van der Waals surface area contributed by atoms with Crippen LogP contribution in [-0.4, -0.2) is 33.9 Å². The van der Waals surface area contributed by atoms with Crippen LogP contribution in [0.25, 0.3) is 0 Å². The zero-order valence-corrected chi connectivity index (χ0v) is 10.3. The lowest BCUT2D eigenvalue weighted by Gasteiger charge is -2.36. The summed E-state index contributed by atoms with van der Waals surface area (Å²) < 4.78 is 1.21. The largest absolute Gasteiger partial charge is 0.394 e. The molecule has 1 saturated heterocycles. The van der Waals surface area contributed by atoms with Gasteiger partial charge in [0.15, 0.2) is 0 Å². The van der Waals surface area contributed by atoms with Gasteiger partial charge in [0.05, 0.1) is 12.6 Å². The lowest BCUT2D eigenvalue weighted by Crippen LogP contribution is -2.46. The first-order valence-electron chi connectivity index (χ1n) is 6.02. The summed E-state index contributed by atoms with van der Waals surface area (Å²) in [5.74, 6) is 0.143. The number of aromatic amines is 1. The number of aliphatic hydroxyl groups excluding tert-OH is 1. The van der Waals surface area contributed by atoms with Crippen LogP contribution in [0, 0.1) is 0 Å². The van der Waals surface area contributed by atoms with Gasteiger partial charge in [0.25, 0.3) is 5.56 Å². The molecule has 1 fully saturated rings. The minimum atomic E-state index is -0.529. The fraction of sp³-hybridized carbons (Fsp3) is 0.636. The molecule has 0 radical (unpaired) electrons. The predicted octanol–water partition coefficient (Wildman–Crippen LogP) is -0.993. The molecule has 2 rings (SSSR count). The highest BCUT2D eigenvalue weighted by Gasteiger charge is 2.26. The molecule has 0 bridgehead atoms. The first-order chi connectivity index (χ1) is 8.56. The summed E-state index contributed by atoms with van der Waals surface area (Å²) in [5.41, 5.74) is 5.12. The molecular weight excluding hydrogens is 236 g/mol. The standard InChI is InChI=1S/C11H18N4O3/c1-14-9(12)8(10(17)13-11(14)18)15-5-3-2-4-7(15)6-16/h7,16H,2-6,12H2,1H3,(H,13,17,18). The van der Waals surface area contributed by atoms with E-state index in [0.29, 0.717) is 6.54 Å². The Labute approximate surface area is 104 Å². The number of piperidine rings is 1. The Kier molecular flexibility index (Phi) is 3.42. The van der Waals surface area contributed by atoms with E-state index >= 15 is 0 Å². The van der Waals surface area contributed by atoms with Gasteiger partial charge in [-0.15, -0.1) is 0 Å². The van der Waals surface area contributed by atoms with Crippen molar-refractivity contribution in [3.8, 4) is 0 Å². The van der Waals surface area contributed by atoms with Gasteiger partial charge in [0.2, 0.25) is 0 Å². The lowest BCUT2D eigenvalue weighted by atomic mass is 10.0. The van der Waals surface area contributed by atoms with E-state index in [2.05, 4.69) is 4.98 Å². The highest BCUT2D eigenvalue weighted by atomic mass is 16.3. The summed E-state index contributed by atoms with van der Waals surface area (Å²) in [5, 5.41) is 9.37. The number of aromatic nitrogens is 2. The number of aliphatic hydroxyl groups is 1. The quantitative estimate of drug-likeness (QED) is 0.628. The van der Waals surface area contributed by atoms with Crippen LogP contribution in [0.2, 0.25) is 0 Å². The molecule has 18 heavy (non-hydrogen) atoms. The Bertz CT molecular complexity index is 548. The molecule has 1 aromatic heterocycles. The van der Waals surface area contributed by atoms with Crippen LogP contribution in [0.5, 0.6) is 0 Å². The Hall–Kier alpha value is -1.76. The van der Waals surface area contributed by atoms with E-state index in [1.165, 1.54) is 11.6 Å². The van der Waals surface area contributed by atoms with Gasteiger partial charge in [-0.05, 0) is 19.3 Å². The van der Waals surface area contributed by atoms with E-state index in [1.54, 1.807) is 4.90 Å². The van der Waals surface area contributed by atoms with Crippen LogP contribution < -0.4 is 21.9 Å². The number of nitrogens with zero attached hydrogens (tertiary/aromatic N) is 2. The Balaban J connectivity index is 2.53. The molecule has 1 aliphatic rings. The maximum absolute atomic E-state index is 11.9. The number of nitrogens with one attached hydrogen (secondary N) is 1. The van der Waals surface area contributed by atoms with Crippen molar-refractivity contribution < 1.29 is 5.11 Å². The molecule has 1 unspecified atom stereocenters. The molecule has 4 N–H and O–H groups in total. The van der Waals surface area contributed by atoms with Gasteiger partial charge in [-0.1, -0.05) is 0 Å². The van der Waals surface area contributed by atoms with Crippen LogP contribution in [-0.2, 0) is 7.05 Å². The van der Waals surface area contributed by atoms with Crippen molar-refractivity contribution in [3.63, 3.8) is 0 Å². The van der Waals surface area contributed by atoms with Gasteiger partial charge < -0.3 is 15.7 Å². The third-order valence-electron chi connectivity index (χ3n) is 3.47. The SMILES string of the molecule is Cn1c(N)c(N2CCCCC2CO)c(=O)[nH]c1=O. The minimum Gasteiger partial charge on any atom is -0.394 e. The van der Waals surface area contributed by atoms with E-state index in [-0.39, 0.29) is 24.2 Å². The molecule has 7 nitrogen and oxygen atoms in total. The van der Waals surface area contributed by atoms with Crippen molar-refractivity contribution in [1.29, 1.82) is 0 Å². The average Bonchev–Trinajstić information content (AvgIpc) is 2.37. The number of nitrogen functional groups attached to an aromatic ring is 1. The number of H-pyrrole nitrogens is 1. The molecule has 1 aliphatic heterocycles. The van der Waals surface area contributed by atoms with Crippen LogP contribution in [0.4, 0.5) is 11.5 Å². The highest BCUT2D eigenvalue weighted by Crippen LogP contribution is 2.25. The zero-order valence-electron chi connectivity index (χ0n) is 10.3. The van der Waals surface area contributed by atoms with Gasteiger partial charge in [-0.25, -0.2) is 4.79 Å². The topological polar surface area (TPSA) is 104 Å². The second-order valence-corrected chi connectivity index (χ2v) is 4.58. The normalized spacial score (nSPS) is 20.1. The first kappa shape index (κ1) is 12.7. The van der Waals surface area contributed by atoms with Crippen LogP contribution >= 0.6 is 0 Å². The highest BCUT2D eigenvalue weighted by molar-refractivity contribution is 5.63. The molecular formula is C11H18N4O3. The van der Waals surface area contributed by atoms with Crippen LogP contribution in [0.15, 0.2) is 9.59 Å². The molecule has 1 atom stereocenters. The summed E-state index contributed by atoms with van der Waals surface area (Å²) >= 11 is 0. The summed E-state index contributed by atoms with van der Waals surface area (Å²) in [6.45, 7) is 0.637. The molecule has 7 heteroatoms. The van der Waals surface area contributed by atoms with Gasteiger partial charge >= 0.3 is 5.69 Å². The van der Waals surface area contributed by atoms with Gasteiger partial charge in [0.1, 0.15) is 11.5 Å². The second kappa shape index (κ2) is 4.85. The van der Waals surface area contributed by atoms with Crippen molar-refractivity contribution in [1.82, 2.24) is 9.55 Å². The van der Waals surface area contributed by atoms with Gasteiger partial charge in [-0.3, -0.25) is 14.3 Å². The van der Waals surface area contributed by atoms with E-state index in [4.69, 9.17) is 5.73 Å². The second-order valence-electron chi connectivity index (χ2n) is 4.58. The van der Waals surface area contributed by atoms with Crippen molar-refractivity contribution in [2.45, 2.75) is 25.3 Å². The fourth-order valence-corrected chi connectivity index (χ4v) is 2.39. The maximum atomic E-state index is 11.9. The number of hydrogen-bond acceptors (Lipinski definition) is 5. The average molecular weight is 254 g/mol. The number of anilines is 2. The predicted molar refractivity (Wildman–Crippen MR) is 68.8 cm³/mol. The smallest absolute Gasteiger partial charge is 0.329 e. The van der Waals surface area contributed by atoms with Crippen LogP contribution in [0.1, 0.15) is 19.3 Å².